The number of carbonyl (C=O) groups excluding carboxylic acids is 1. The lowest BCUT2D eigenvalue weighted by Gasteiger charge is -2.22. The summed E-state index contributed by atoms with van der Waals surface area (Å²) in [5.74, 6) is -0.0844. The zero-order valence-corrected chi connectivity index (χ0v) is 15.1. The third-order valence-corrected chi connectivity index (χ3v) is 5.03. The summed E-state index contributed by atoms with van der Waals surface area (Å²) in [5.41, 5.74) is 5.89. The van der Waals surface area contributed by atoms with Gasteiger partial charge in [-0.05, 0) is 50.2 Å². The molecule has 0 saturated carbocycles. The van der Waals surface area contributed by atoms with E-state index in [1.54, 1.807) is 11.5 Å². The van der Waals surface area contributed by atoms with Gasteiger partial charge in [-0.1, -0.05) is 25.0 Å². The van der Waals surface area contributed by atoms with Gasteiger partial charge in [0.25, 0.3) is 0 Å². The van der Waals surface area contributed by atoms with Gasteiger partial charge in [0.15, 0.2) is 0 Å². The molecule has 26 heavy (non-hydrogen) atoms. The molecule has 0 unspecified atom stereocenters. The number of carbonyl (C=O) groups is 1. The zero-order chi connectivity index (χ0) is 18.4. The Hall–Kier alpha value is -2.34. The third-order valence-electron chi connectivity index (χ3n) is 5.03. The molecule has 1 aliphatic carbocycles. The van der Waals surface area contributed by atoms with Crippen molar-refractivity contribution in [2.24, 2.45) is 0 Å². The SMILES string of the molecule is O=C(CCCCCCNc1c2c(nc3c(O)cccc13)CCCC2)NO. The maximum atomic E-state index is 11.0. The van der Waals surface area contributed by atoms with Crippen LogP contribution in [0.2, 0.25) is 0 Å². The molecule has 1 amide bonds. The Labute approximate surface area is 153 Å². The van der Waals surface area contributed by atoms with Crippen LogP contribution in [-0.4, -0.2) is 27.7 Å². The fourth-order valence-electron chi connectivity index (χ4n) is 3.67. The van der Waals surface area contributed by atoms with Crippen LogP contribution in [0.5, 0.6) is 5.75 Å². The van der Waals surface area contributed by atoms with Crippen LogP contribution in [0.15, 0.2) is 18.2 Å². The minimum absolute atomic E-state index is 0.237. The molecule has 4 N–H and O–H groups in total. The first kappa shape index (κ1) is 18.5. The molecule has 1 aliphatic rings. The highest BCUT2D eigenvalue weighted by atomic mass is 16.5. The van der Waals surface area contributed by atoms with Crippen LogP contribution < -0.4 is 10.8 Å². The summed E-state index contributed by atoms with van der Waals surface area (Å²) in [5, 5.41) is 23.2. The van der Waals surface area contributed by atoms with Gasteiger partial charge >= 0.3 is 0 Å². The van der Waals surface area contributed by atoms with E-state index < -0.39 is 0 Å². The van der Waals surface area contributed by atoms with Crippen molar-refractivity contribution in [1.29, 1.82) is 0 Å². The Morgan fingerprint density at radius 3 is 2.77 bits per heavy atom. The second kappa shape index (κ2) is 8.85. The highest BCUT2D eigenvalue weighted by molar-refractivity contribution is 5.96. The summed E-state index contributed by atoms with van der Waals surface area (Å²) in [7, 11) is 0. The number of anilines is 1. The summed E-state index contributed by atoms with van der Waals surface area (Å²) >= 11 is 0. The molecule has 0 atom stereocenters. The van der Waals surface area contributed by atoms with Gasteiger partial charge < -0.3 is 10.4 Å². The molecule has 1 heterocycles. The van der Waals surface area contributed by atoms with Crippen molar-refractivity contribution >= 4 is 22.5 Å². The average Bonchev–Trinajstić information content (AvgIpc) is 2.67. The smallest absolute Gasteiger partial charge is 0.243 e. The molecule has 2 aromatic rings. The van der Waals surface area contributed by atoms with Crippen LogP contribution in [0.1, 0.15) is 56.2 Å². The van der Waals surface area contributed by atoms with Gasteiger partial charge in [0.2, 0.25) is 5.91 Å². The number of nitrogens with one attached hydrogen (secondary N) is 2. The molecule has 0 bridgehead atoms. The first-order valence-corrected chi connectivity index (χ1v) is 9.51. The van der Waals surface area contributed by atoms with Gasteiger partial charge in [-0.2, -0.15) is 0 Å². The van der Waals surface area contributed by atoms with E-state index in [9.17, 15) is 9.90 Å². The van der Waals surface area contributed by atoms with E-state index in [0.717, 1.165) is 68.3 Å². The number of hydroxylamine groups is 1. The summed E-state index contributed by atoms with van der Waals surface area (Å²) < 4.78 is 0. The number of benzene rings is 1. The number of phenols is 1. The first-order valence-electron chi connectivity index (χ1n) is 9.51. The minimum Gasteiger partial charge on any atom is -0.506 e. The number of amides is 1. The fraction of sp³-hybridized carbons (Fsp3) is 0.500. The van der Waals surface area contributed by atoms with Gasteiger partial charge in [-0.15, -0.1) is 0 Å². The number of aromatic hydroxyl groups is 1. The number of para-hydroxylation sites is 1. The summed E-state index contributed by atoms with van der Waals surface area (Å²) in [6, 6.07) is 5.58. The van der Waals surface area contributed by atoms with Crippen LogP contribution in [0, 0.1) is 0 Å². The molecule has 1 aromatic carbocycles. The number of unbranched alkanes of at least 4 members (excludes halogenated alkanes) is 3. The van der Waals surface area contributed by atoms with Crippen LogP contribution in [0.4, 0.5) is 5.69 Å². The minimum atomic E-state index is -0.321. The molecule has 3 rings (SSSR count). The van der Waals surface area contributed by atoms with Crippen molar-refractivity contribution in [2.75, 3.05) is 11.9 Å². The highest BCUT2D eigenvalue weighted by Crippen LogP contribution is 2.36. The Balaban J connectivity index is 1.64. The summed E-state index contributed by atoms with van der Waals surface area (Å²) in [6.07, 6.45) is 8.50. The van der Waals surface area contributed by atoms with E-state index in [1.807, 2.05) is 12.1 Å². The maximum absolute atomic E-state index is 11.0. The van der Waals surface area contributed by atoms with Gasteiger partial charge in [-0.3, -0.25) is 10.0 Å². The van der Waals surface area contributed by atoms with Gasteiger partial charge in [-0.25, -0.2) is 10.5 Å². The Morgan fingerprint density at radius 2 is 1.92 bits per heavy atom. The molecule has 1 aromatic heterocycles. The van der Waals surface area contributed by atoms with E-state index in [4.69, 9.17) is 10.2 Å². The predicted molar refractivity (Wildman–Crippen MR) is 102 cm³/mol. The molecule has 6 heteroatoms. The highest BCUT2D eigenvalue weighted by Gasteiger charge is 2.19. The lowest BCUT2D eigenvalue weighted by Crippen LogP contribution is -2.17. The normalized spacial score (nSPS) is 13.4. The molecular weight excluding hydrogens is 330 g/mol. The number of rotatable bonds is 8. The van der Waals surface area contributed by atoms with Crippen LogP contribution in [0.25, 0.3) is 10.9 Å². The van der Waals surface area contributed by atoms with Crippen molar-refractivity contribution in [3.8, 4) is 5.75 Å². The van der Waals surface area contributed by atoms with Gasteiger partial charge in [0.1, 0.15) is 11.3 Å². The van der Waals surface area contributed by atoms with Gasteiger partial charge in [0, 0.05) is 29.7 Å². The van der Waals surface area contributed by atoms with Crippen molar-refractivity contribution < 1.29 is 15.1 Å². The van der Waals surface area contributed by atoms with Crippen LogP contribution in [0.3, 0.4) is 0 Å². The first-order chi connectivity index (χ1) is 12.7. The fourth-order valence-corrected chi connectivity index (χ4v) is 3.67. The van der Waals surface area contributed by atoms with E-state index in [1.165, 1.54) is 12.0 Å². The number of aryl methyl sites for hydroxylation is 1. The molecular formula is C20H27N3O3. The van der Waals surface area contributed by atoms with E-state index in [-0.39, 0.29) is 11.7 Å². The molecule has 0 fully saturated rings. The lowest BCUT2D eigenvalue weighted by atomic mass is 9.92. The second-order valence-corrected chi connectivity index (χ2v) is 6.92. The molecule has 0 aliphatic heterocycles. The monoisotopic (exact) mass is 357 g/mol. The van der Waals surface area contributed by atoms with Crippen molar-refractivity contribution in [1.82, 2.24) is 10.5 Å². The number of hydrogen-bond acceptors (Lipinski definition) is 5. The second-order valence-electron chi connectivity index (χ2n) is 6.92. The lowest BCUT2D eigenvalue weighted by molar-refractivity contribution is -0.129. The molecule has 0 spiro atoms. The number of hydrogen-bond donors (Lipinski definition) is 4. The average molecular weight is 357 g/mol. The Morgan fingerprint density at radius 1 is 1.12 bits per heavy atom. The number of phenolic OH excluding ortho intramolecular Hbond substituents is 1. The van der Waals surface area contributed by atoms with Crippen molar-refractivity contribution in [2.45, 2.75) is 57.8 Å². The number of pyridine rings is 1. The zero-order valence-electron chi connectivity index (χ0n) is 15.1. The third kappa shape index (κ3) is 4.25. The number of aromatic nitrogens is 1. The topological polar surface area (TPSA) is 94.5 Å². The molecule has 0 saturated heterocycles. The Bertz CT molecular complexity index is 776. The van der Waals surface area contributed by atoms with E-state index >= 15 is 0 Å². The van der Waals surface area contributed by atoms with Crippen molar-refractivity contribution in [3.05, 3.63) is 29.5 Å². The Kier molecular flexibility index (Phi) is 6.28. The number of nitrogens with zero attached hydrogens (tertiary/aromatic N) is 1. The van der Waals surface area contributed by atoms with E-state index in [2.05, 4.69) is 5.32 Å². The molecule has 140 valence electrons. The standard InChI is InChI=1S/C20H27N3O3/c24-17-11-7-9-15-19(14-8-4-5-10-16(14)22-20(15)17)21-13-6-2-1-3-12-18(25)23-26/h7,9,11,24,26H,1-6,8,10,12-13H2,(H,21,22)(H,23,25). The molecule has 0 radical (unpaired) electrons. The predicted octanol–water partition coefficient (Wildman–Crippen LogP) is 3.69. The van der Waals surface area contributed by atoms with Crippen LogP contribution in [-0.2, 0) is 17.6 Å². The maximum Gasteiger partial charge on any atom is 0.243 e. The molecule has 6 nitrogen and oxygen atoms in total. The number of fused-ring (bicyclic) bond motifs is 2. The van der Waals surface area contributed by atoms with Gasteiger partial charge in [0.05, 0.1) is 0 Å². The van der Waals surface area contributed by atoms with Crippen LogP contribution >= 0.6 is 0 Å². The quantitative estimate of drug-likeness (QED) is 0.328. The largest absolute Gasteiger partial charge is 0.506 e. The summed E-state index contributed by atoms with van der Waals surface area (Å²) in [6.45, 7) is 0.855. The van der Waals surface area contributed by atoms with E-state index in [0.29, 0.717) is 11.9 Å². The van der Waals surface area contributed by atoms with Crippen molar-refractivity contribution in [3.63, 3.8) is 0 Å². The summed E-state index contributed by atoms with van der Waals surface area (Å²) in [4.78, 5) is 15.7.